The number of hydrogen-bond acceptors (Lipinski definition) is 6. The zero-order valence-electron chi connectivity index (χ0n) is 16.4. The second kappa shape index (κ2) is 7.90. The first kappa shape index (κ1) is 20.3. The molecule has 1 aliphatic rings. The van der Waals surface area contributed by atoms with E-state index in [-0.39, 0.29) is 18.5 Å². The molecule has 8 nitrogen and oxygen atoms in total. The van der Waals surface area contributed by atoms with Gasteiger partial charge in [-0.1, -0.05) is 30.3 Å². The van der Waals surface area contributed by atoms with E-state index in [9.17, 15) is 19.7 Å². The van der Waals surface area contributed by atoms with Gasteiger partial charge >= 0.3 is 0 Å². The van der Waals surface area contributed by atoms with Crippen LogP contribution < -0.4 is 14.8 Å². The van der Waals surface area contributed by atoms with Crippen molar-refractivity contribution in [2.45, 2.75) is 25.9 Å². The van der Waals surface area contributed by atoms with Crippen molar-refractivity contribution < 1.29 is 24.0 Å². The number of Topliss-reactive ketones (excluding diaryl/α,β-unsaturated/α-hetero) is 1. The summed E-state index contributed by atoms with van der Waals surface area (Å²) in [7, 11) is 2.89. The molecule has 1 amide bonds. The molecule has 0 bridgehead atoms. The minimum atomic E-state index is -1.84. The first-order valence-corrected chi connectivity index (χ1v) is 9.10. The zero-order chi connectivity index (χ0) is 21.2. The van der Waals surface area contributed by atoms with Crippen molar-refractivity contribution in [1.82, 2.24) is 5.32 Å². The van der Waals surface area contributed by atoms with Gasteiger partial charge in [0.15, 0.2) is 22.7 Å². The Morgan fingerprint density at radius 3 is 2.41 bits per heavy atom. The van der Waals surface area contributed by atoms with Gasteiger partial charge in [-0.15, -0.1) is 0 Å². The smallest absolute Gasteiger partial charge is 0.241 e. The molecule has 152 valence electrons. The Morgan fingerprint density at radius 1 is 1.21 bits per heavy atom. The average Bonchev–Trinajstić information content (AvgIpc) is 3.03. The molecule has 0 heterocycles. The van der Waals surface area contributed by atoms with Crippen molar-refractivity contribution in [3.63, 3.8) is 0 Å². The highest BCUT2D eigenvalue weighted by molar-refractivity contribution is 6.18. The Labute approximate surface area is 168 Å². The van der Waals surface area contributed by atoms with E-state index in [1.54, 1.807) is 6.07 Å². The Hall–Kier alpha value is -3.42. The molecule has 8 heteroatoms. The van der Waals surface area contributed by atoms with Gasteiger partial charge in [0.05, 0.1) is 14.2 Å². The van der Waals surface area contributed by atoms with Crippen LogP contribution in [-0.4, -0.2) is 36.9 Å². The van der Waals surface area contributed by atoms with Gasteiger partial charge in [0, 0.05) is 30.4 Å². The van der Waals surface area contributed by atoms with Crippen LogP contribution in [0.1, 0.15) is 28.4 Å². The average molecular weight is 398 g/mol. The van der Waals surface area contributed by atoms with Crippen molar-refractivity contribution in [3.05, 3.63) is 69.3 Å². The number of amides is 1. The fourth-order valence-corrected chi connectivity index (χ4v) is 3.73. The van der Waals surface area contributed by atoms with Crippen molar-refractivity contribution in [2.75, 3.05) is 14.2 Å². The number of hydrogen-bond donors (Lipinski definition) is 1. The van der Waals surface area contributed by atoms with E-state index >= 15 is 0 Å². The topological polar surface area (TPSA) is 108 Å². The normalized spacial score (nSPS) is 18.7. The zero-order valence-corrected chi connectivity index (χ0v) is 16.4. The molecule has 2 unspecified atom stereocenters. The maximum atomic E-state index is 13.3. The van der Waals surface area contributed by atoms with Crippen molar-refractivity contribution >= 4 is 11.7 Å². The second-order valence-electron chi connectivity index (χ2n) is 6.97. The molecule has 0 aliphatic heterocycles. The number of nitrogens with zero attached hydrogens (tertiary/aromatic N) is 1. The molecular weight excluding hydrogens is 376 g/mol. The van der Waals surface area contributed by atoms with Crippen molar-refractivity contribution in [1.29, 1.82) is 0 Å². The van der Waals surface area contributed by atoms with Crippen LogP contribution >= 0.6 is 0 Å². The van der Waals surface area contributed by atoms with Crippen LogP contribution in [0.5, 0.6) is 11.5 Å². The Kier molecular flexibility index (Phi) is 5.54. The molecule has 2 aromatic carbocycles. The number of nitrogens with one attached hydrogen (secondary N) is 1. The molecule has 0 radical (unpaired) electrons. The summed E-state index contributed by atoms with van der Waals surface area (Å²) in [5.41, 5.74) is -0.240. The van der Waals surface area contributed by atoms with Gasteiger partial charge in [0.2, 0.25) is 11.9 Å². The number of carbonyl (C=O) groups is 2. The summed E-state index contributed by atoms with van der Waals surface area (Å²) < 4.78 is 10.5. The summed E-state index contributed by atoms with van der Waals surface area (Å²) in [6.45, 7) is 1.46. The SMILES string of the molecule is COc1cc2c(cc1OC)C(=O)C(C(=O)NCc1ccccc1)(C(C)[N+](=O)[O-])C2. The summed E-state index contributed by atoms with van der Waals surface area (Å²) in [5, 5.41) is 14.4. The molecule has 1 aliphatic carbocycles. The lowest BCUT2D eigenvalue weighted by atomic mass is 9.76. The molecule has 0 saturated heterocycles. The molecule has 2 aromatic rings. The third kappa shape index (κ3) is 3.41. The Bertz CT molecular complexity index is 959. The quantitative estimate of drug-likeness (QED) is 0.436. The number of fused-ring (bicyclic) bond motifs is 1. The molecular formula is C21H22N2O6. The monoisotopic (exact) mass is 398 g/mol. The van der Waals surface area contributed by atoms with Gasteiger partial charge in [-0.3, -0.25) is 19.7 Å². The van der Waals surface area contributed by atoms with E-state index in [0.717, 1.165) is 5.56 Å². The molecule has 0 aromatic heterocycles. The number of ketones is 1. The number of methoxy groups -OCH3 is 2. The standard InChI is InChI=1S/C21H22N2O6/c1-13(23(26)27)21(20(25)22-12-14-7-5-4-6-8-14)11-15-9-17(28-2)18(29-3)10-16(15)19(21)24/h4-10,13H,11-12H2,1-3H3,(H,22,25). The Morgan fingerprint density at radius 2 is 1.83 bits per heavy atom. The highest BCUT2D eigenvalue weighted by Crippen LogP contribution is 2.44. The lowest BCUT2D eigenvalue weighted by Gasteiger charge is -2.27. The van der Waals surface area contributed by atoms with Crippen LogP contribution in [0.4, 0.5) is 0 Å². The van der Waals surface area contributed by atoms with Crippen LogP contribution in [0.2, 0.25) is 0 Å². The summed E-state index contributed by atoms with van der Waals surface area (Å²) in [6.07, 6.45) is -0.0791. The van der Waals surface area contributed by atoms with E-state index in [1.165, 1.54) is 27.2 Å². The van der Waals surface area contributed by atoms with Crippen molar-refractivity contribution in [3.8, 4) is 11.5 Å². The lowest BCUT2D eigenvalue weighted by Crippen LogP contribution is -2.54. The van der Waals surface area contributed by atoms with E-state index < -0.39 is 28.1 Å². The van der Waals surface area contributed by atoms with Gasteiger partial charge < -0.3 is 14.8 Å². The number of benzene rings is 2. The number of rotatable bonds is 7. The summed E-state index contributed by atoms with van der Waals surface area (Å²) in [6, 6.07) is 10.8. The summed E-state index contributed by atoms with van der Waals surface area (Å²) in [5.74, 6) is -0.518. The first-order chi connectivity index (χ1) is 13.8. The molecule has 1 N–H and O–H groups in total. The maximum Gasteiger partial charge on any atom is 0.241 e. The first-order valence-electron chi connectivity index (χ1n) is 9.10. The van der Waals surface area contributed by atoms with E-state index in [2.05, 4.69) is 5.32 Å². The molecule has 0 spiro atoms. The lowest BCUT2D eigenvalue weighted by molar-refractivity contribution is -0.529. The van der Waals surface area contributed by atoms with E-state index in [1.807, 2.05) is 30.3 Å². The van der Waals surface area contributed by atoms with Gasteiger partial charge in [0.25, 0.3) is 0 Å². The number of carbonyl (C=O) groups excluding carboxylic acids is 2. The summed E-state index contributed by atoms with van der Waals surface area (Å²) in [4.78, 5) is 37.6. The fraction of sp³-hybridized carbons (Fsp3) is 0.333. The van der Waals surface area contributed by atoms with E-state index in [4.69, 9.17) is 9.47 Å². The van der Waals surface area contributed by atoms with Crippen LogP contribution in [0.3, 0.4) is 0 Å². The molecule has 29 heavy (non-hydrogen) atoms. The van der Waals surface area contributed by atoms with Gasteiger partial charge in [-0.05, 0) is 23.3 Å². The highest BCUT2D eigenvalue weighted by atomic mass is 16.6. The van der Waals surface area contributed by atoms with Crippen LogP contribution in [-0.2, 0) is 17.8 Å². The third-order valence-corrected chi connectivity index (χ3v) is 5.46. The predicted octanol–water partition coefficient (Wildman–Crippen LogP) is 2.41. The van der Waals surface area contributed by atoms with Gasteiger partial charge in [-0.25, -0.2) is 0 Å². The molecule has 0 saturated carbocycles. The molecule has 2 atom stereocenters. The number of ether oxygens (including phenoxy) is 2. The second-order valence-corrected chi connectivity index (χ2v) is 6.97. The molecule has 0 fully saturated rings. The molecule has 3 rings (SSSR count). The minimum absolute atomic E-state index is 0.0791. The van der Waals surface area contributed by atoms with Crippen molar-refractivity contribution in [2.24, 2.45) is 5.41 Å². The number of nitro groups is 1. The van der Waals surface area contributed by atoms with Crippen LogP contribution in [0.25, 0.3) is 0 Å². The van der Waals surface area contributed by atoms with Crippen LogP contribution in [0, 0.1) is 15.5 Å². The van der Waals surface area contributed by atoms with Crippen LogP contribution in [0.15, 0.2) is 42.5 Å². The Balaban J connectivity index is 2.00. The third-order valence-electron chi connectivity index (χ3n) is 5.46. The minimum Gasteiger partial charge on any atom is -0.493 e. The largest absolute Gasteiger partial charge is 0.493 e. The maximum absolute atomic E-state index is 13.3. The predicted molar refractivity (Wildman–Crippen MR) is 105 cm³/mol. The van der Waals surface area contributed by atoms with Gasteiger partial charge in [-0.2, -0.15) is 0 Å². The fourth-order valence-electron chi connectivity index (χ4n) is 3.73. The van der Waals surface area contributed by atoms with E-state index in [0.29, 0.717) is 17.1 Å². The van der Waals surface area contributed by atoms with Gasteiger partial charge in [0.1, 0.15) is 0 Å². The highest BCUT2D eigenvalue weighted by Gasteiger charge is 2.60. The summed E-state index contributed by atoms with van der Waals surface area (Å²) >= 11 is 0.